The highest BCUT2D eigenvalue weighted by Crippen LogP contribution is 2.32. The number of nitrogens with one attached hydrogen (secondary N) is 1. The van der Waals surface area contributed by atoms with Gasteiger partial charge in [0.05, 0.1) is 12.2 Å². The molecule has 0 aliphatic rings. The molecule has 2 heterocycles. The van der Waals surface area contributed by atoms with Crippen LogP contribution in [0.5, 0.6) is 0 Å². The molecular weight excluding hydrogens is 428 g/mol. The zero-order valence-corrected chi connectivity index (χ0v) is 16.4. The Balaban J connectivity index is 1.58. The summed E-state index contributed by atoms with van der Waals surface area (Å²) >= 11 is 0. The van der Waals surface area contributed by atoms with Gasteiger partial charge in [0, 0.05) is 18.9 Å². The van der Waals surface area contributed by atoms with E-state index in [-0.39, 0.29) is 12.2 Å². The first kappa shape index (κ1) is 21.2. The van der Waals surface area contributed by atoms with Gasteiger partial charge < -0.3 is 5.32 Å². The third-order valence-corrected chi connectivity index (χ3v) is 4.67. The Hall–Kier alpha value is -4.02. The van der Waals surface area contributed by atoms with Gasteiger partial charge >= 0.3 is 6.18 Å². The molecule has 32 heavy (non-hydrogen) atoms. The van der Waals surface area contributed by atoms with E-state index >= 15 is 0 Å². The number of carbonyl (C=O) groups excluding carboxylic acids is 1. The SMILES string of the molecule is O=C(NCc1ccccc1Cn1cccn1)c1nnn(-c2ccc(F)cc2)c1C(F)(F)F. The summed E-state index contributed by atoms with van der Waals surface area (Å²) in [5.74, 6) is -1.64. The molecule has 2 aromatic heterocycles. The fourth-order valence-corrected chi connectivity index (χ4v) is 3.16. The minimum absolute atomic E-state index is 0.0169. The molecule has 0 fully saturated rings. The number of carbonyl (C=O) groups is 1. The monoisotopic (exact) mass is 444 g/mol. The summed E-state index contributed by atoms with van der Waals surface area (Å²) < 4.78 is 56.5. The molecule has 4 aromatic rings. The fourth-order valence-electron chi connectivity index (χ4n) is 3.16. The van der Waals surface area contributed by atoms with Gasteiger partial charge in [-0.1, -0.05) is 29.5 Å². The number of rotatable bonds is 6. The smallest absolute Gasteiger partial charge is 0.346 e. The van der Waals surface area contributed by atoms with Crippen LogP contribution in [0.15, 0.2) is 67.0 Å². The fraction of sp³-hybridized carbons (Fsp3) is 0.143. The van der Waals surface area contributed by atoms with Crippen LogP contribution in [-0.4, -0.2) is 30.7 Å². The van der Waals surface area contributed by atoms with Crippen LogP contribution >= 0.6 is 0 Å². The average Bonchev–Trinajstić information content (AvgIpc) is 3.43. The lowest BCUT2D eigenvalue weighted by Gasteiger charge is -2.12. The lowest BCUT2D eigenvalue weighted by atomic mass is 10.1. The molecule has 0 aliphatic heterocycles. The highest BCUT2D eigenvalue weighted by molar-refractivity contribution is 5.93. The van der Waals surface area contributed by atoms with Crippen LogP contribution in [0.3, 0.4) is 0 Å². The third kappa shape index (κ3) is 4.51. The number of aromatic nitrogens is 5. The molecule has 0 bridgehead atoms. The Morgan fingerprint density at radius 2 is 1.72 bits per heavy atom. The largest absolute Gasteiger partial charge is 0.435 e. The van der Waals surface area contributed by atoms with Crippen LogP contribution in [-0.2, 0) is 19.3 Å². The van der Waals surface area contributed by atoms with Crippen LogP contribution < -0.4 is 5.32 Å². The maximum Gasteiger partial charge on any atom is 0.435 e. The van der Waals surface area contributed by atoms with Crippen molar-refractivity contribution in [1.82, 2.24) is 30.1 Å². The number of hydrogen-bond acceptors (Lipinski definition) is 4. The maximum atomic E-state index is 13.7. The summed E-state index contributed by atoms with van der Waals surface area (Å²) in [4.78, 5) is 12.6. The highest BCUT2D eigenvalue weighted by Gasteiger charge is 2.42. The van der Waals surface area contributed by atoms with Crippen LogP contribution in [0.1, 0.15) is 27.3 Å². The van der Waals surface area contributed by atoms with Crippen molar-refractivity contribution in [2.45, 2.75) is 19.3 Å². The second-order valence-electron chi connectivity index (χ2n) is 6.83. The third-order valence-electron chi connectivity index (χ3n) is 4.67. The summed E-state index contributed by atoms with van der Waals surface area (Å²) in [7, 11) is 0. The van der Waals surface area contributed by atoms with E-state index in [4.69, 9.17) is 0 Å². The number of alkyl halides is 3. The van der Waals surface area contributed by atoms with E-state index in [2.05, 4.69) is 20.7 Å². The molecule has 0 radical (unpaired) electrons. The van der Waals surface area contributed by atoms with Crippen molar-refractivity contribution in [2.75, 3.05) is 0 Å². The molecule has 1 amide bonds. The quantitative estimate of drug-likeness (QED) is 0.461. The van der Waals surface area contributed by atoms with E-state index in [0.717, 1.165) is 35.4 Å². The number of hydrogen-bond donors (Lipinski definition) is 1. The Labute approximate surface area is 179 Å². The van der Waals surface area contributed by atoms with Crippen LogP contribution in [0.2, 0.25) is 0 Å². The second-order valence-corrected chi connectivity index (χ2v) is 6.83. The number of amides is 1. The maximum absolute atomic E-state index is 13.7. The number of benzene rings is 2. The standard InChI is InChI=1S/C21H16F4N6O/c22-16-6-8-17(9-7-16)31-19(21(23,24)25)18(28-29-31)20(32)26-12-14-4-1-2-5-15(14)13-30-11-3-10-27-30/h1-11H,12-13H2,(H,26,32). The Morgan fingerprint density at radius 1 is 1.00 bits per heavy atom. The van der Waals surface area contributed by atoms with Gasteiger partial charge in [-0.25, -0.2) is 9.07 Å². The van der Waals surface area contributed by atoms with Gasteiger partial charge in [0.25, 0.3) is 5.91 Å². The van der Waals surface area contributed by atoms with Crippen LogP contribution in [0, 0.1) is 5.82 Å². The van der Waals surface area contributed by atoms with Gasteiger partial charge in [-0.2, -0.15) is 18.3 Å². The van der Waals surface area contributed by atoms with E-state index < -0.39 is 29.3 Å². The van der Waals surface area contributed by atoms with E-state index in [1.165, 1.54) is 0 Å². The first-order valence-electron chi connectivity index (χ1n) is 9.44. The zero-order valence-electron chi connectivity index (χ0n) is 16.4. The van der Waals surface area contributed by atoms with Crippen molar-refractivity contribution in [3.8, 4) is 5.69 Å². The van der Waals surface area contributed by atoms with Gasteiger partial charge in [-0.3, -0.25) is 9.48 Å². The van der Waals surface area contributed by atoms with Crippen molar-refractivity contribution in [3.63, 3.8) is 0 Å². The van der Waals surface area contributed by atoms with E-state index in [1.807, 2.05) is 12.1 Å². The first-order chi connectivity index (χ1) is 15.3. The molecule has 164 valence electrons. The van der Waals surface area contributed by atoms with Gasteiger partial charge in [-0.15, -0.1) is 5.10 Å². The Bertz CT molecular complexity index is 1220. The number of nitrogens with zero attached hydrogens (tertiary/aromatic N) is 5. The average molecular weight is 444 g/mol. The van der Waals surface area contributed by atoms with Gasteiger partial charge in [0.2, 0.25) is 0 Å². The molecule has 0 unspecified atom stereocenters. The molecule has 0 atom stereocenters. The van der Waals surface area contributed by atoms with E-state index in [9.17, 15) is 22.4 Å². The molecule has 0 spiro atoms. The minimum Gasteiger partial charge on any atom is -0.346 e. The molecule has 1 N–H and O–H groups in total. The van der Waals surface area contributed by atoms with Crippen molar-refractivity contribution in [1.29, 1.82) is 0 Å². The van der Waals surface area contributed by atoms with E-state index in [0.29, 0.717) is 11.2 Å². The van der Waals surface area contributed by atoms with Crippen molar-refractivity contribution >= 4 is 5.91 Å². The predicted octanol–water partition coefficient (Wildman–Crippen LogP) is 3.60. The van der Waals surface area contributed by atoms with Crippen LogP contribution in [0.25, 0.3) is 5.69 Å². The van der Waals surface area contributed by atoms with Crippen molar-refractivity contribution in [2.24, 2.45) is 0 Å². The minimum atomic E-state index is -4.91. The molecule has 11 heteroatoms. The predicted molar refractivity (Wildman–Crippen MR) is 105 cm³/mol. The molecule has 0 aliphatic carbocycles. The molecule has 0 saturated heterocycles. The Morgan fingerprint density at radius 3 is 2.38 bits per heavy atom. The van der Waals surface area contributed by atoms with Crippen molar-refractivity contribution < 1.29 is 22.4 Å². The normalized spacial score (nSPS) is 11.5. The van der Waals surface area contributed by atoms with Gasteiger partial charge in [0.1, 0.15) is 5.82 Å². The summed E-state index contributed by atoms with van der Waals surface area (Å²) in [6.07, 6.45) is -1.51. The summed E-state index contributed by atoms with van der Waals surface area (Å²) in [6.45, 7) is 0.421. The highest BCUT2D eigenvalue weighted by atomic mass is 19.4. The van der Waals surface area contributed by atoms with Crippen molar-refractivity contribution in [3.05, 3.63) is 95.3 Å². The second kappa shape index (κ2) is 8.61. The molecule has 4 rings (SSSR count). The summed E-state index contributed by atoms with van der Waals surface area (Å²) in [5, 5.41) is 13.5. The summed E-state index contributed by atoms with van der Waals surface area (Å²) in [5.41, 5.74) is -0.717. The zero-order chi connectivity index (χ0) is 22.7. The lowest BCUT2D eigenvalue weighted by Crippen LogP contribution is -2.27. The number of halogens is 4. The Kier molecular flexibility index (Phi) is 5.71. The van der Waals surface area contributed by atoms with Crippen LogP contribution in [0.4, 0.5) is 17.6 Å². The van der Waals surface area contributed by atoms with Gasteiger partial charge in [-0.05, 0) is 41.5 Å². The lowest BCUT2D eigenvalue weighted by molar-refractivity contribution is -0.143. The van der Waals surface area contributed by atoms with E-state index in [1.54, 1.807) is 35.3 Å². The molecule has 2 aromatic carbocycles. The topological polar surface area (TPSA) is 77.6 Å². The summed E-state index contributed by atoms with van der Waals surface area (Å²) in [6, 6.07) is 13.2. The van der Waals surface area contributed by atoms with Gasteiger partial charge in [0.15, 0.2) is 11.4 Å². The molecule has 0 saturated carbocycles. The first-order valence-corrected chi connectivity index (χ1v) is 9.44. The molecule has 7 nitrogen and oxygen atoms in total. The molecular formula is C21H16F4N6O.